The molecule has 0 aliphatic rings. The summed E-state index contributed by atoms with van der Waals surface area (Å²) in [5.74, 6) is 1.05. The van der Waals surface area contributed by atoms with Crippen molar-refractivity contribution in [3.8, 4) is 0 Å². The monoisotopic (exact) mass is 221 g/mol. The maximum absolute atomic E-state index is 5.65. The van der Waals surface area contributed by atoms with Gasteiger partial charge in [0.2, 0.25) is 0 Å². The molecule has 0 bridgehead atoms. The number of imidazole rings is 1. The molecule has 0 fully saturated rings. The summed E-state index contributed by atoms with van der Waals surface area (Å²) < 4.78 is 2.19. The molecule has 2 aromatic heterocycles. The zero-order valence-corrected chi connectivity index (χ0v) is 9.63. The van der Waals surface area contributed by atoms with Gasteiger partial charge in [-0.15, -0.1) is 0 Å². The minimum absolute atomic E-state index is 0.560. The lowest BCUT2D eigenvalue weighted by molar-refractivity contribution is 0.642. The number of rotatable bonds is 4. The maximum Gasteiger partial charge on any atom is 0.105 e. The summed E-state index contributed by atoms with van der Waals surface area (Å²) in [7, 11) is 0. The molecule has 0 unspecified atom stereocenters. The van der Waals surface area contributed by atoms with Crippen LogP contribution in [0, 0.1) is 6.92 Å². The Morgan fingerprint density at radius 2 is 2.40 bits per heavy atom. The van der Waals surface area contributed by atoms with E-state index in [9.17, 15) is 0 Å². The van der Waals surface area contributed by atoms with Crippen LogP contribution >= 0.6 is 11.3 Å². The van der Waals surface area contributed by atoms with Crippen molar-refractivity contribution in [2.45, 2.75) is 26.4 Å². The molecule has 0 spiro atoms. The molecule has 0 saturated carbocycles. The number of aromatic nitrogens is 2. The molecule has 0 radical (unpaired) electrons. The predicted molar refractivity (Wildman–Crippen MR) is 62.9 cm³/mol. The predicted octanol–water partition coefficient (Wildman–Crippen LogP) is 1.95. The smallest absolute Gasteiger partial charge is 0.105 e. The van der Waals surface area contributed by atoms with Crippen molar-refractivity contribution in [1.82, 2.24) is 9.55 Å². The summed E-state index contributed by atoms with van der Waals surface area (Å²) in [4.78, 5) is 4.27. The van der Waals surface area contributed by atoms with Gasteiger partial charge < -0.3 is 10.3 Å². The van der Waals surface area contributed by atoms with E-state index in [4.69, 9.17) is 5.73 Å². The summed E-state index contributed by atoms with van der Waals surface area (Å²) in [6, 6.07) is 2.17. The van der Waals surface area contributed by atoms with Gasteiger partial charge in [0.1, 0.15) is 5.82 Å². The number of hydrogen-bond donors (Lipinski definition) is 1. The molecule has 0 aliphatic heterocycles. The van der Waals surface area contributed by atoms with Crippen molar-refractivity contribution < 1.29 is 0 Å². The van der Waals surface area contributed by atoms with Crippen molar-refractivity contribution >= 4 is 11.3 Å². The van der Waals surface area contributed by atoms with E-state index in [-0.39, 0.29) is 0 Å². The van der Waals surface area contributed by atoms with Crippen LogP contribution < -0.4 is 5.73 Å². The minimum Gasteiger partial charge on any atom is -0.331 e. The van der Waals surface area contributed by atoms with Crippen LogP contribution in [0.25, 0.3) is 0 Å². The second kappa shape index (κ2) is 4.59. The molecule has 3 nitrogen and oxygen atoms in total. The molecular formula is C11H15N3S. The first-order valence-corrected chi connectivity index (χ1v) is 5.97. The summed E-state index contributed by atoms with van der Waals surface area (Å²) >= 11 is 1.74. The third-order valence-corrected chi connectivity index (χ3v) is 3.28. The highest BCUT2D eigenvalue weighted by Crippen LogP contribution is 2.10. The highest BCUT2D eigenvalue weighted by molar-refractivity contribution is 7.07. The number of hydrogen-bond acceptors (Lipinski definition) is 3. The quantitative estimate of drug-likeness (QED) is 0.857. The number of aryl methyl sites for hydroxylation is 2. The Kier molecular flexibility index (Phi) is 3.18. The second-order valence-electron chi connectivity index (χ2n) is 3.53. The van der Waals surface area contributed by atoms with Crippen LogP contribution in [0.15, 0.2) is 23.0 Å². The molecule has 2 heterocycles. The van der Waals surface area contributed by atoms with Crippen molar-refractivity contribution in [3.05, 3.63) is 40.1 Å². The third-order valence-electron chi connectivity index (χ3n) is 2.55. The molecule has 2 rings (SSSR count). The highest BCUT2D eigenvalue weighted by Gasteiger charge is 2.04. The van der Waals surface area contributed by atoms with Crippen LogP contribution in [-0.4, -0.2) is 9.55 Å². The van der Waals surface area contributed by atoms with Crippen LogP contribution in [-0.2, 0) is 19.5 Å². The van der Waals surface area contributed by atoms with E-state index in [1.807, 2.05) is 13.1 Å². The number of nitrogens with zero attached hydrogens (tertiary/aromatic N) is 2. The first kappa shape index (κ1) is 10.4. The van der Waals surface area contributed by atoms with E-state index < -0.39 is 0 Å². The third kappa shape index (κ3) is 2.27. The van der Waals surface area contributed by atoms with Crippen molar-refractivity contribution in [2.24, 2.45) is 5.73 Å². The lowest BCUT2D eigenvalue weighted by atomic mass is 10.2. The van der Waals surface area contributed by atoms with Gasteiger partial charge in [-0.3, -0.25) is 0 Å². The Morgan fingerprint density at radius 3 is 3.07 bits per heavy atom. The zero-order chi connectivity index (χ0) is 10.7. The van der Waals surface area contributed by atoms with Crippen molar-refractivity contribution in [2.75, 3.05) is 0 Å². The summed E-state index contributed by atoms with van der Waals surface area (Å²) in [6.07, 6.45) is 2.91. The Bertz CT molecular complexity index is 417. The molecule has 0 amide bonds. The summed E-state index contributed by atoms with van der Waals surface area (Å²) in [6.45, 7) is 3.55. The van der Waals surface area contributed by atoms with Crippen molar-refractivity contribution in [3.63, 3.8) is 0 Å². The SMILES string of the molecule is Cc1ncc(CN)n1CCc1ccsc1. The van der Waals surface area contributed by atoms with Gasteiger partial charge in [0.25, 0.3) is 0 Å². The number of nitrogens with two attached hydrogens (primary N) is 1. The van der Waals surface area contributed by atoms with Gasteiger partial charge in [0, 0.05) is 19.3 Å². The van der Waals surface area contributed by atoms with Gasteiger partial charge in [-0.05, 0) is 35.7 Å². The van der Waals surface area contributed by atoms with Crippen LogP contribution in [0.4, 0.5) is 0 Å². The molecule has 80 valence electrons. The average molecular weight is 221 g/mol. The standard InChI is InChI=1S/C11H15N3S/c1-9-13-7-11(6-12)14(9)4-2-10-3-5-15-8-10/h3,5,7-8H,2,4,6,12H2,1H3. The van der Waals surface area contributed by atoms with Crippen LogP contribution in [0.2, 0.25) is 0 Å². The Labute approximate surface area is 93.6 Å². The van der Waals surface area contributed by atoms with E-state index in [0.717, 1.165) is 24.5 Å². The van der Waals surface area contributed by atoms with E-state index in [1.165, 1.54) is 5.56 Å². The topological polar surface area (TPSA) is 43.8 Å². The Balaban J connectivity index is 2.07. The fourth-order valence-corrected chi connectivity index (χ4v) is 2.36. The summed E-state index contributed by atoms with van der Waals surface area (Å²) in [5, 5.41) is 4.30. The first-order chi connectivity index (χ1) is 7.31. The molecule has 0 atom stereocenters. The van der Waals surface area contributed by atoms with Crippen LogP contribution in [0.5, 0.6) is 0 Å². The molecule has 2 aromatic rings. The Hall–Kier alpha value is -1.13. The van der Waals surface area contributed by atoms with Crippen molar-refractivity contribution in [1.29, 1.82) is 0 Å². The molecule has 0 aliphatic carbocycles. The van der Waals surface area contributed by atoms with E-state index in [1.54, 1.807) is 11.3 Å². The zero-order valence-electron chi connectivity index (χ0n) is 8.81. The highest BCUT2D eigenvalue weighted by atomic mass is 32.1. The van der Waals surface area contributed by atoms with Gasteiger partial charge in [0.15, 0.2) is 0 Å². The van der Waals surface area contributed by atoms with E-state index in [0.29, 0.717) is 6.54 Å². The van der Waals surface area contributed by atoms with E-state index in [2.05, 4.69) is 26.4 Å². The minimum atomic E-state index is 0.560. The van der Waals surface area contributed by atoms with Gasteiger partial charge in [0.05, 0.1) is 5.69 Å². The molecule has 0 saturated heterocycles. The van der Waals surface area contributed by atoms with Crippen LogP contribution in [0.3, 0.4) is 0 Å². The average Bonchev–Trinajstić information content (AvgIpc) is 2.84. The normalized spacial score (nSPS) is 10.8. The summed E-state index contributed by atoms with van der Waals surface area (Å²) in [5.41, 5.74) is 8.15. The lowest BCUT2D eigenvalue weighted by Gasteiger charge is -2.07. The number of thiophene rings is 1. The van der Waals surface area contributed by atoms with Gasteiger partial charge in [-0.25, -0.2) is 4.98 Å². The van der Waals surface area contributed by atoms with E-state index >= 15 is 0 Å². The maximum atomic E-state index is 5.65. The molecule has 15 heavy (non-hydrogen) atoms. The fraction of sp³-hybridized carbons (Fsp3) is 0.364. The molecule has 2 N–H and O–H groups in total. The fourth-order valence-electron chi connectivity index (χ4n) is 1.66. The molecule has 4 heteroatoms. The molecule has 0 aromatic carbocycles. The first-order valence-electron chi connectivity index (χ1n) is 5.03. The van der Waals surface area contributed by atoms with Gasteiger partial charge >= 0.3 is 0 Å². The lowest BCUT2D eigenvalue weighted by Crippen LogP contribution is -2.10. The largest absolute Gasteiger partial charge is 0.331 e. The van der Waals surface area contributed by atoms with Crippen LogP contribution in [0.1, 0.15) is 17.1 Å². The van der Waals surface area contributed by atoms with Gasteiger partial charge in [-0.1, -0.05) is 0 Å². The Morgan fingerprint density at radius 1 is 1.53 bits per heavy atom. The second-order valence-corrected chi connectivity index (χ2v) is 4.31. The van der Waals surface area contributed by atoms with Gasteiger partial charge in [-0.2, -0.15) is 11.3 Å². The molecular weight excluding hydrogens is 206 g/mol.